The number of carbonyl (C=O) groups is 2. The molecular formula is C29H45NO6S. The molecule has 0 amide bonds. The molecule has 0 atom stereocenters. The summed E-state index contributed by atoms with van der Waals surface area (Å²) in [6, 6.07) is 6.76. The average molecular weight is 536 g/mol. The van der Waals surface area contributed by atoms with Crippen molar-refractivity contribution < 1.29 is 27.5 Å². The molecule has 0 bridgehead atoms. The number of benzene rings is 1. The van der Waals surface area contributed by atoms with E-state index in [1.807, 2.05) is 6.92 Å². The molecule has 0 fully saturated rings. The first-order chi connectivity index (χ1) is 17.7. The molecule has 37 heavy (non-hydrogen) atoms. The standard InChI is InChI=1S/C29H45NO6S/c1-5-35-27(31)17-13-9-7-11-15-23-29(30-4,37(33,34)26-21-19-25(3)20-22-26)24-16-12-8-10-14-18-28(32)36-6-2/h19-22H,5-18,23-24H2,1-3H3. The quantitative estimate of drug-likeness (QED) is 0.102. The maximum Gasteiger partial charge on any atom is 0.333 e. The predicted octanol–water partition coefficient (Wildman–Crippen LogP) is 6.97. The normalized spacial score (nSPS) is 11.6. The lowest BCUT2D eigenvalue weighted by Gasteiger charge is -2.23. The highest BCUT2D eigenvalue weighted by Gasteiger charge is 2.50. The van der Waals surface area contributed by atoms with Crippen LogP contribution in [0.5, 0.6) is 0 Å². The average Bonchev–Trinajstić information content (AvgIpc) is 2.86. The summed E-state index contributed by atoms with van der Waals surface area (Å²) in [6.07, 6.45) is 9.37. The zero-order chi connectivity index (χ0) is 27.6. The predicted molar refractivity (Wildman–Crippen MR) is 146 cm³/mol. The molecule has 1 aromatic rings. The van der Waals surface area contributed by atoms with Crippen LogP contribution in [0.3, 0.4) is 0 Å². The smallest absolute Gasteiger partial charge is 0.333 e. The van der Waals surface area contributed by atoms with E-state index in [0.29, 0.717) is 51.7 Å². The Morgan fingerprint density at radius 3 is 1.57 bits per heavy atom. The number of rotatable bonds is 20. The van der Waals surface area contributed by atoms with E-state index in [-0.39, 0.29) is 16.8 Å². The van der Waals surface area contributed by atoms with E-state index in [9.17, 15) is 18.0 Å². The Morgan fingerprint density at radius 1 is 0.757 bits per heavy atom. The van der Waals surface area contributed by atoms with E-state index < -0.39 is 14.7 Å². The Hall–Kier alpha value is -2.40. The highest BCUT2D eigenvalue weighted by molar-refractivity contribution is 7.93. The molecule has 0 unspecified atom stereocenters. The maximum absolute atomic E-state index is 13.7. The summed E-state index contributed by atoms with van der Waals surface area (Å²) in [4.78, 5) is 25.4. The number of ether oxygens (including phenoxy) is 2. The molecule has 208 valence electrons. The van der Waals surface area contributed by atoms with E-state index in [0.717, 1.165) is 56.9 Å². The van der Waals surface area contributed by atoms with Crippen LogP contribution in [0, 0.1) is 13.5 Å². The zero-order valence-corrected chi connectivity index (χ0v) is 23.7. The molecule has 0 N–H and O–H groups in total. The number of nitrogens with zero attached hydrogens (tertiary/aromatic N) is 1. The zero-order valence-electron chi connectivity index (χ0n) is 22.9. The molecule has 0 aliphatic rings. The van der Waals surface area contributed by atoms with E-state index in [2.05, 4.69) is 4.85 Å². The Kier molecular flexibility index (Phi) is 15.8. The molecule has 1 aromatic carbocycles. The third-order valence-corrected chi connectivity index (χ3v) is 8.94. The van der Waals surface area contributed by atoms with Crippen LogP contribution >= 0.6 is 0 Å². The van der Waals surface area contributed by atoms with Gasteiger partial charge in [-0.2, -0.15) is 0 Å². The number of sulfone groups is 1. The first-order valence-corrected chi connectivity index (χ1v) is 15.2. The van der Waals surface area contributed by atoms with Crippen molar-refractivity contribution in [3.8, 4) is 0 Å². The van der Waals surface area contributed by atoms with Crippen LogP contribution in [0.1, 0.15) is 109 Å². The lowest BCUT2D eigenvalue weighted by atomic mass is 10.00. The van der Waals surface area contributed by atoms with Crippen molar-refractivity contribution in [3.63, 3.8) is 0 Å². The molecule has 0 heterocycles. The van der Waals surface area contributed by atoms with Gasteiger partial charge in [0, 0.05) is 25.7 Å². The molecule has 8 heteroatoms. The van der Waals surface area contributed by atoms with Crippen LogP contribution < -0.4 is 0 Å². The summed E-state index contributed by atoms with van der Waals surface area (Å²) in [5.74, 6) is -0.362. The van der Waals surface area contributed by atoms with Gasteiger partial charge in [-0.25, -0.2) is 15.0 Å². The third kappa shape index (κ3) is 11.7. The SMILES string of the molecule is [C-]#[N+]C(CCCCCCCC(=O)OCC)(CCCCCCCC(=O)OCC)S(=O)(=O)c1ccc(C)cc1. The van der Waals surface area contributed by atoms with Crippen LogP contribution in [-0.2, 0) is 28.9 Å². The van der Waals surface area contributed by atoms with Gasteiger partial charge in [-0.1, -0.05) is 56.2 Å². The highest BCUT2D eigenvalue weighted by Crippen LogP contribution is 2.37. The Labute approximate surface area is 224 Å². The van der Waals surface area contributed by atoms with Crippen molar-refractivity contribution in [2.24, 2.45) is 0 Å². The third-order valence-electron chi connectivity index (χ3n) is 6.54. The Balaban J connectivity index is 2.70. The van der Waals surface area contributed by atoms with Gasteiger partial charge < -0.3 is 9.47 Å². The molecule has 0 spiro atoms. The van der Waals surface area contributed by atoms with Gasteiger partial charge in [0.15, 0.2) is 0 Å². The van der Waals surface area contributed by atoms with Gasteiger partial charge in [-0.15, -0.1) is 0 Å². The summed E-state index contributed by atoms with van der Waals surface area (Å²) in [6.45, 7) is 14.2. The van der Waals surface area contributed by atoms with Crippen LogP contribution in [0.2, 0.25) is 0 Å². The van der Waals surface area contributed by atoms with Gasteiger partial charge in [0.05, 0.1) is 18.1 Å². The number of esters is 2. The van der Waals surface area contributed by atoms with E-state index >= 15 is 0 Å². The fourth-order valence-corrected chi connectivity index (χ4v) is 6.25. The first kappa shape index (κ1) is 32.6. The van der Waals surface area contributed by atoms with E-state index in [1.165, 1.54) is 0 Å². The van der Waals surface area contributed by atoms with Gasteiger partial charge in [0.25, 0.3) is 9.84 Å². The van der Waals surface area contributed by atoms with Crippen LogP contribution in [0.25, 0.3) is 4.85 Å². The second kappa shape index (κ2) is 18.0. The first-order valence-electron chi connectivity index (χ1n) is 13.7. The van der Waals surface area contributed by atoms with Crippen molar-refractivity contribution in [1.82, 2.24) is 0 Å². The Bertz CT molecular complexity index is 918. The van der Waals surface area contributed by atoms with Gasteiger partial charge in [-0.05, 0) is 58.6 Å². The molecule has 0 saturated carbocycles. The lowest BCUT2D eigenvalue weighted by molar-refractivity contribution is -0.144. The molecule has 0 aromatic heterocycles. The number of hydrogen-bond acceptors (Lipinski definition) is 6. The summed E-state index contributed by atoms with van der Waals surface area (Å²) < 4.78 is 37.3. The minimum Gasteiger partial charge on any atom is -0.466 e. The number of unbranched alkanes of at least 4 members (excludes halogenated alkanes) is 8. The Morgan fingerprint density at radius 2 is 1.16 bits per heavy atom. The minimum atomic E-state index is -3.84. The molecule has 0 aliphatic heterocycles. The van der Waals surface area contributed by atoms with Gasteiger partial charge >= 0.3 is 16.8 Å². The maximum atomic E-state index is 13.7. The molecule has 1 rings (SSSR count). The van der Waals surface area contributed by atoms with Crippen molar-refractivity contribution in [2.75, 3.05) is 13.2 Å². The van der Waals surface area contributed by atoms with Crippen molar-refractivity contribution >= 4 is 21.8 Å². The fraction of sp³-hybridized carbons (Fsp3) is 0.690. The topological polar surface area (TPSA) is 91.1 Å². The largest absolute Gasteiger partial charge is 0.466 e. The highest BCUT2D eigenvalue weighted by atomic mass is 32.2. The van der Waals surface area contributed by atoms with Crippen molar-refractivity contribution in [3.05, 3.63) is 41.2 Å². The molecule has 0 aliphatic carbocycles. The molecular weight excluding hydrogens is 490 g/mol. The summed E-state index contributed by atoms with van der Waals surface area (Å²) >= 11 is 0. The number of hydrogen-bond donors (Lipinski definition) is 0. The second-order valence-corrected chi connectivity index (χ2v) is 11.8. The van der Waals surface area contributed by atoms with Gasteiger partial charge in [0.2, 0.25) is 0 Å². The number of carbonyl (C=O) groups excluding carboxylic acids is 2. The van der Waals surface area contributed by atoms with Crippen LogP contribution in [-0.4, -0.2) is 38.4 Å². The van der Waals surface area contributed by atoms with Gasteiger partial charge in [-0.3, -0.25) is 14.4 Å². The number of aryl methyl sites for hydroxylation is 1. The van der Waals surface area contributed by atoms with Crippen LogP contribution in [0.15, 0.2) is 29.2 Å². The minimum absolute atomic E-state index is 0.181. The summed E-state index contributed by atoms with van der Waals surface area (Å²) in [5, 5.41) is 0. The van der Waals surface area contributed by atoms with Gasteiger partial charge in [0.1, 0.15) is 0 Å². The van der Waals surface area contributed by atoms with E-state index in [1.54, 1.807) is 38.1 Å². The molecule has 0 saturated heterocycles. The molecule has 0 radical (unpaired) electrons. The van der Waals surface area contributed by atoms with Crippen molar-refractivity contribution in [1.29, 1.82) is 0 Å². The molecule has 7 nitrogen and oxygen atoms in total. The second-order valence-electron chi connectivity index (χ2n) is 9.52. The monoisotopic (exact) mass is 535 g/mol. The van der Waals surface area contributed by atoms with E-state index in [4.69, 9.17) is 16.0 Å². The van der Waals surface area contributed by atoms with Crippen LogP contribution in [0.4, 0.5) is 0 Å². The lowest BCUT2D eigenvalue weighted by Crippen LogP contribution is -2.35. The fourth-order valence-electron chi connectivity index (χ4n) is 4.37. The summed E-state index contributed by atoms with van der Waals surface area (Å²) in [7, 11) is -3.84. The van der Waals surface area contributed by atoms with Crippen molar-refractivity contribution in [2.45, 2.75) is 120 Å². The summed E-state index contributed by atoms with van der Waals surface area (Å²) in [5.41, 5.74) is 0.970.